The topological polar surface area (TPSA) is 12.0 Å². The van der Waals surface area contributed by atoms with Gasteiger partial charge in [0, 0.05) is 5.70 Å². The van der Waals surface area contributed by atoms with Gasteiger partial charge in [0.15, 0.2) is 0 Å². The van der Waals surface area contributed by atoms with Crippen LogP contribution in [0.25, 0.3) is 5.70 Å². The predicted octanol–water partition coefficient (Wildman–Crippen LogP) is 2.67. The molecule has 0 fully saturated rings. The van der Waals surface area contributed by atoms with E-state index in [4.69, 9.17) is 0 Å². The van der Waals surface area contributed by atoms with Crippen molar-refractivity contribution in [3.63, 3.8) is 0 Å². The molecule has 1 aliphatic heterocycles. The van der Waals surface area contributed by atoms with Gasteiger partial charge < -0.3 is 5.32 Å². The molecule has 0 bridgehead atoms. The Morgan fingerprint density at radius 1 is 1.25 bits per heavy atom. The summed E-state index contributed by atoms with van der Waals surface area (Å²) in [5.74, 6) is 0. The zero-order valence-corrected chi connectivity index (χ0v) is 7.77. The maximum atomic E-state index is 3.39. The van der Waals surface area contributed by atoms with E-state index in [1.54, 1.807) is 0 Å². The molecule has 0 aliphatic carbocycles. The molecule has 0 aromatic heterocycles. The molecule has 1 aromatic carbocycles. The van der Waals surface area contributed by atoms with Crippen molar-refractivity contribution in [1.82, 2.24) is 5.32 Å². The second-order valence-electron chi connectivity index (χ2n) is 2.82. The molecule has 0 saturated heterocycles. The minimum absolute atomic E-state index is 0.514. The third-order valence-corrected chi connectivity index (χ3v) is 2.73. The number of rotatable bonds is 1. The van der Waals surface area contributed by atoms with Crippen molar-refractivity contribution in [3.8, 4) is 0 Å². The molecule has 12 heavy (non-hydrogen) atoms. The van der Waals surface area contributed by atoms with Gasteiger partial charge in [-0.15, -0.1) is 11.8 Å². The van der Waals surface area contributed by atoms with Crippen molar-refractivity contribution >= 4 is 17.5 Å². The smallest absolute Gasteiger partial charge is 0.0735 e. The second-order valence-corrected chi connectivity index (χ2v) is 4.04. The Hall–Kier alpha value is -0.890. The van der Waals surface area contributed by atoms with Crippen LogP contribution in [-0.2, 0) is 0 Å². The van der Waals surface area contributed by atoms with Crippen LogP contribution in [0.15, 0.2) is 35.7 Å². The van der Waals surface area contributed by atoms with Crippen LogP contribution in [0.2, 0.25) is 0 Å². The highest BCUT2D eigenvalue weighted by Gasteiger charge is 2.11. The van der Waals surface area contributed by atoms with Crippen LogP contribution in [0.1, 0.15) is 12.5 Å². The van der Waals surface area contributed by atoms with Gasteiger partial charge in [-0.05, 0) is 17.9 Å². The van der Waals surface area contributed by atoms with E-state index in [1.165, 1.54) is 11.3 Å². The van der Waals surface area contributed by atoms with Gasteiger partial charge in [-0.3, -0.25) is 0 Å². The Morgan fingerprint density at radius 3 is 2.58 bits per heavy atom. The van der Waals surface area contributed by atoms with Gasteiger partial charge in [0.1, 0.15) is 0 Å². The lowest BCUT2D eigenvalue weighted by atomic mass is 10.2. The van der Waals surface area contributed by atoms with Gasteiger partial charge in [-0.25, -0.2) is 0 Å². The first-order valence-electron chi connectivity index (χ1n) is 4.04. The minimum atomic E-state index is 0.514. The maximum Gasteiger partial charge on any atom is 0.0735 e. The quantitative estimate of drug-likeness (QED) is 0.707. The van der Waals surface area contributed by atoms with E-state index in [0.717, 1.165) is 0 Å². The second kappa shape index (κ2) is 3.23. The molecule has 0 amide bonds. The van der Waals surface area contributed by atoms with Gasteiger partial charge in [-0.2, -0.15) is 0 Å². The van der Waals surface area contributed by atoms with E-state index < -0.39 is 0 Å². The van der Waals surface area contributed by atoms with Gasteiger partial charge in [-0.1, -0.05) is 30.3 Å². The highest BCUT2D eigenvalue weighted by molar-refractivity contribution is 8.03. The summed E-state index contributed by atoms with van der Waals surface area (Å²) in [4.78, 5) is 0. The van der Waals surface area contributed by atoms with Crippen LogP contribution in [0, 0.1) is 0 Å². The molecule has 0 radical (unpaired) electrons. The number of benzene rings is 1. The van der Waals surface area contributed by atoms with E-state index in [1.807, 2.05) is 17.8 Å². The molecular weight excluding hydrogens is 166 g/mol. The normalized spacial score (nSPS) is 21.8. The number of hydrogen-bond acceptors (Lipinski definition) is 2. The maximum absolute atomic E-state index is 3.39. The van der Waals surface area contributed by atoms with Crippen molar-refractivity contribution in [1.29, 1.82) is 0 Å². The summed E-state index contributed by atoms with van der Waals surface area (Å²) in [6.45, 7) is 2.16. The van der Waals surface area contributed by atoms with Crippen molar-refractivity contribution in [2.75, 3.05) is 0 Å². The molecule has 1 aliphatic rings. The third-order valence-electron chi connectivity index (χ3n) is 1.83. The monoisotopic (exact) mass is 177 g/mol. The van der Waals surface area contributed by atoms with Gasteiger partial charge >= 0.3 is 0 Å². The number of thioether (sulfide) groups is 1. The highest BCUT2D eigenvalue weighted by atomic mass is 32.2. The molecule has 2 heteroatoms. The molecule has 1 aromatic rings. The first kappa shape index (κ1) is 7.74. The highest BCUT2D eigenvalue weighted by Crippen LogP contribution is 2.26. The Kier molecular flexibility index (Phi) is 2.09. The summed E-state index contributed by atoms with van der Waals surface area (Å²) in [5, 5.41) is 6.09. The van der Waals surface area contributed by atoms with Gasteiger partial charge in [0.25, 0.3) is 0 Å². The lowest BCUT2D eigenvalue weighted by Crippen LogP contribution is -2.15. The van der Waals surface area contributed by atoms with Gasteiger partial charge in [0.05, 0.1) is 5.37 Å². The zero-order chi connectivity index (χ0) is 8.39. The lowest BCUT2D eigenvalue weighted by Gasteiger charge is -2.06. The summed E-state index contributed by atoms with van der Waals surface area (Å²) in [6, 6.07) is 10.4. The largest absolute Gasteiger partial charge is 0.372 e. The molecular formula is C10H11NS. The molecule has 1 nitrogen and oxygen atoms in total. The van der Waals surface area contributed by atoms with Crippen LogP contribution in [-0.4, -0.2) is 5.37 Å². The van der Waals surface area contributed by atoms with Crippen LogP contribution >= 0.6 is 11.8 Å². The first-order chi connectivity index (χ1) is 5.86. The summed E-state index contributed by atoms with van der Waals surface area (Å²) >= 11 is 1.83. The Morgan fingerprint density at radius 2 is 2.00 bits per heavy atom. The molecule has 1 N–H and O–H groups in total. The van der Waals surface area contributed by atoms with Crippen LogP contribution in [0.3, 0.4) is 0 Å². The SMILES string of the molecule is CC1NC(c2ccccc2)=CS1. The summed E-state index contributed by atoms with van der Waals surface area (Å²) in [5.41, 5.74) is 2.52. The zero-order valence-electron chi connectivity index (χ0n) is 6.95. The molecule has 62 valence electrons. The van der Waals surface area contributed by atoms with Crippen LogP contribution in [0.4, 0.5) is 0 Å². The molecule has 0 saturated carbocycles. The lowest BCUT2D eigenvalue weighted by molar-refractivity contribution is 0.892. The fourth-order valence-corrected chi connectivity index (χ4v) is 1.97. The van der Waals surface area contributed by atoms with E-state index in [-0.39, 0.29) is 0 Å². The van der Waals surface area contributed by atoms with E-state index in [2.05, 4.69) is 41.9 Å². The summed E-state index contributed by atoms with van der Waals surface area (Å²) in [6.07, 6.45) is 0. The van der Waals surface area contributed by atoms with Crippen molar-refractivity contribution in [2.45, 2.75) is 12.3 Å². The van der Waals surface area contributed by atoms with E-state index >= 15 is 0 Å². The Balaban J connectivity index is 2.22. The fraction of sp³-hybridized carbons (Fsp3) is 0.200. The molecule has 0 spiro atoms. The van der Waals surface area contributed by atoms with E-state index in [9.17, 15) is 0 Å². The fourth-order valence-electron chi connectivity index (χ4n) is 1.23. The molecule has 1 heterocycles. The predicted molar refractivity (Wildman–Crippen MR) is 54.6 cm³/mol. The number of hydrogen-bond donors (Lipinski definition) is 1. The number of nitrogens with one attached hydrogen (secondary N) is 1. The minimum Gasteiger partial charge on any atom is -0.372 e. The van der Waals surface area contributed by atoms with Crippen molar-refractivity contribution in [2.24, 2.45) is 0 Å². The molecule has 1 unspecified atom stereocenters. The van der Waals surface area contributed by atoms with Gasteiger partial charge in [0.2, 0.25) is 0 Å². The van der Waals surface area contributed by atoms with Crippen molar-refractivity contribution < 1.29 is 0 Å². The first-order valence-corrected chi connectivity index (χ1v) is 4.98. The summed E-state index contributed by atoms with van der Waals surface area (Å²) in [7, 11) is 0. The Labute approximate surface area is 76.9 Å². The van der Waals surface area contributed by atoms with E-state index in [0.29, 0.717) is 5.37 Å². The van der Waals surface area contributed by atoms with Crippen LogP contribution in [0.5, 0.6) is 0 Å². The van der Waals surface area contributed by atoms with Crippen LogP contribution < -0.4 is 5.32 Å². The Bertz CT molecular complexity index is 292. The standard InChI is InChI=1S/C10H11NS/c1-8-11-10(7-12-8)9-5-3-2-4-6-9/h2-8,11H,1H3. The summed E-state index contributed by atoms with van der Waals surface area (Å²) < 4.78 is 0. The average Bonchev–Trinajstić information content (AvgIpc) is 2.54. The van der Waals surface area contributed by atoms with Crippen molar-refractivity contribution in [3.05, 3.63) is 41.3 Å². The average molecular weight is 177 g/mol. The molecule has 1 atom stereocenters. The molecule has 2 rings (SSSR count). The third kappa shape index (κ3) is 1.48.